The van der Waals surface area contributed by atoms with E-state index in [0.29, 0.717) is 34.4 Å². The zero-order valence-electron chi connectivity index (χ0n) is 17.7. The topological polar surface area (TPSA) is 92.3 Å². The number of hydrogen-bond donors (Lipinski definition) is 1. The van der Waals surface area contributed by atoms with E-state index >= 15 is 0 Å². The quantitative estimate of drug-likeness (QED) is 0.536. The Morgan fingerprint density at radius 2 is 1.75 bits per heavy atom. The molecule has 0 bridgehead atoms. The van der Waals surface area contributed by atoms with Gasteiger partial charge in [0.2, 0.25) is 5.75 Å². The summed E-state index contributed by atoms with van der Waals surface area (Å²) in [5.41, 5.74) is 2.28. The number of carbonyl (C=O) groups is 2. The number of fused-ring (bicyclic) bond motifs is 3. The van der Waals surface area contributed by atoms with E-state index in [4.69, 9.17) is 23.7 Å². The lowest BCUT2D eigenvalue weighted by Gasteiger charge is -2.16. The number of rotatable bonds is 7. The van der Waals surface area contributed by atoms with Gasteiger partial charge in [0.15, 0.2) is 18.1 Å². The summed E-state index contributed by atoms with van der Waals surface area (Å²) in [6.45, 7) is -0.0527. The van der Waals surface area contributed by atoms with Crippen LogP contribution in [0.2, 0.25) is 0 Å². The maximum absolute atomic E-state index is 12.5. The fraction of sp³-hybridized carbons (Fsp3) is 0.217. The average molecular weight is 455 g/mol. The van der Waals surface area contributed by atoms with E-state index in [1.807, 2.05) is 24.3 Å². The van der Waals surface area contributed by atoms with Crippen molar-refractivity contribution in [1.82, 2.24) is 0 Å². The number of para-hydroxylation sites is 1. The second-order valence-corrected chi connectivity index (χ2v) is 7.84. The number of esters is 1. The maximum atomic E-state index is 12.5. The number of benzene rings is 2. The summed E-state index contributed by atoms with van der Waals surface area (Å²) in [7, 11) is 4.45. The van der Waals surface area contributed by atoms with Gasteiger partial charge in [0, 0.05) is 33.8 Å². The minimum atomic E-state index is -0.568. The molecule has 0 fully saturated rings. The maximum Gasteiger partial charge on any atom is 0.348 e. The fourth-order valence-electron chi connectivity index (χ4n) is 3.35. The predicted octanol–water partition coefficient (Wildman–Crippen LogP) is 4.13. The summed E-state index contributed by atoms with van der Waals surface area (Å²) in [5, 5.41) is 2.66. The molecule has 0 radical (unpaired) electrons. The highest BCUT2D eigenvalue weighted by Crippen LogP contribution is 2.42. The number of hydrogen-bond acceptors (Lipinski definition) is 8. The molecule has 1 aliphatic rings. The molecule has 2 heterocycles. The molecule has 32 heavy (non-hydrogen) atoms. The third-order valence-corrected chi connectivity index (χ3v) is 6.00. The van der Waals surface area contributed by atoms with Gasteiger partial charge in [0.25, 0.3) is 5.91 Å². The van der Waals surface area contributed by atoms with Gasteiger partial charge in [-0.15, -0.1) is 11.3 Å². The van der Waals surface area contributed by atoms with Gasteiger partial charge in [-0.2, -0.15) is 0 Å². The van der Waals surface area contributed by atoms with Gasteiger partial charge in [-0.25, -0.2) is 4.79 Å². The Labute approximate surface area is 188 Å². The minimum absolute atomic E-state index is 0.387. The molecule has 0 unspecified atom stereocenters. The summed E-state index contributed by atoms with van der Waals surface area (Å²) in [6, 6.07) is 12.6. The van der Waals surface area contributed by atoms with E-state index in [-0.39, 0.29) is 0 Å². The van der Waals surface area contributed by atoms with Gasteiger partial charge < -0.3 is 29.0 Å². The van der Waals surface area contributed by atoms with Crippen molar-refractivity contribution in [2.24, 2.45) is 0 Å². The number of amides is 1. The number of anilines is 1. The van der Waals surface area contributed by atoms with Gasteiger partial charge in [-0.3, -0.25) is 4.79 Å². The summed E-state index contributed by atoms with van der Waals surface area (Å²) < 4.78 is 26.7. The molecule has 1 N–H and O–H groups in total. The third-order valence-electron chi connectivity index (χ3n) is 4.81. The molecule has 0 saturated carbocycles. The Morgan fingerprint density at radius 3 is 2.44 bits per heavy atom. The Morgan fingerprint density at radius 1 is 1.03 bits per heavy atom. The second kappa shape index (κ2) is 9.19. The van der Waals surface area contributed by atoms with Crippen molar-refractivity contribution in [3.8, 4) is 33.4 Å². The van der Waals surface area contributed by atoms with Crippen molar-refractivity contribution >= 4 is 28.9 Å². The normalized spacial score (nSPS) is 11.5. The van der Waals surface area contributed by atoms with Crippen LogP contribution >= 0.6 is 11.3 Å². The van der Waals surface area contributed by atoms with Crippen LogP contribution in [0.3, 0.4) is 0 Å². The Bertz CT molecular complexity index is 1150. The predicted molar refractivity (Wildman–Crippen MR) is 119 cm³/mol. The molecule has 1 aliphatic heterocycles. The Hall–Kier alpha value is -3.72. The molecule has 1 aromatic heterocycles. The summed E-state index contributed by atoms with van der Waals surface area (Å²) in [4.78, 5) is 26.3. The number of ether oxygens (including phenoxy) is 5. The smallest absolute Gasteiger partial charge is 0.348 e. The van der Waals surface area contributed by atoms with E-state index < -0.39 is 18.5 Å². The molecule has 2 aromatic carbocycles. The first-order chi connectivity index (χ1) is 15.5. The molecule has 9 heteroatoms. The molecule has 0 atom stereocenters. The molecule has 0 aliphatic carbocycles. The minimum Gasteiger partial charge on any atom is -0.493 e. The van der Waals surface area contributed by atoms with Gasteiger partial charge in [0.1, 0.15) is 17.2 Å². The highest BCUT2D eigenvalue weighted by molar-refractivity contribution is 7.17. The van der Waals surface area contributed by atoms with Gasteiger partial charge in [-0.1, -0.05) is 12.1 Å². The zero-order chi connectivity index (χ0) is 22.7. The first-order valence-electron chi connectivity index (χ1n) is 9.66. The van der Waals surface area contributed by atoms with Crippen LogP contribution in [0.25, 0.3) is 10.4 Å². The molecular formula is C23H21NO7S. The van der Waals surface area contributed by atoms with E-state index in [1.165, 1.54) is 32.7 Å². The van der Waals surface area contributed by atoms with E-state index in [2.05, 4.69) is 5.32 Å². The first-order valence-corrected chi connectivity index (χ1v) is 10.5. The largest absolute Gasteiger partial charge is 0.493 e. The van der Waals surface area contributed by atoms with Gasteiger partial charge in [-0.05, 0) is 18.2 Å². The van der Waals surface area contributed by atoms with Crippen molar-refractivity contribution in [1.29, 1.82) is 0 Å². The van der Waals surface area contributed by atoms with Crippen molar-refractivity contribution in [3.05, 3.63) is 52.9 Å². The van der Waals surface area contributed by atoms with Crippen molar-refractivity contribution in [3.63, 3.8) is 0 Å². The van der Waals surface area contributed by atoms with E-state index in [0.717, 1.165) is 21.8 Å². The summed E-state index contributed by atoms with van der Waals surface area (Å²) in [5.74, 6) is 0.916. The number of nitrogens with one attached hydrogen (secondary N) is 1. The fourth-order valence-corrected chi connectivity index (χ4v) is 4.44. The molecular weight excluding hydrogens is 434 g/mol. The molecule has 4 rings (SSSR count). The molecule has 8 nitrogen and oxygen atoms in total. The lowest BCUT2D eigenvalue weighted by Crippen LogP contribution is -2.20. The van der Waals surface area contributed by atoms with Crippen LogP contribution in [-0.2, 0) is 16.1 Å². The van der Waals surface area contributed by atoms with E-state index in [9.17, 15) is 9.59 Å². The summed E-state index contributed by atoms with van der Waals surface area (Å²) in [6.07, 6.45) is 0. The van der Waals surface area contributed by atoms with Crippen LogP contribution in [-0.4, -0.2) is 39.8 Å². The summed E-state index contributed by atoms with van der Waals surface area (Å²) >= 11 is 1.32. The zero-order valence-corrected chi connectivity index (χ0v) is 18.5. The van der Waals surface area contributed by atoms with Crippen LogP contribution < -0.4 is 24.3 Å². The molecule has 3 aromatic rings. The highest BCUT2D eigenvalue weighted by Gasteiger charge is 2.23. The van der Waals surface area contributed by atoms with Crippen molar-refractivity contribution in [2.75, 3.05) is 33.3 Å². The monoisotopic (exact) mass is 455 g/mol. The Kier molecular flexibility index (Phi) is 6.18. The molecule has 166 valence electrons. The van der Waals surface area contributed by atoms with Crippen molar-refractivity contribution < 1.29 is 33.3 Å². The van der Waals surface area contributed by atoms with E-state index in [1.54, 1.807) is 18.2 Å². The van der Waals surface area contributed by atoms with Crippen LogP contribution in [0.15, 0.2) is 42.5 Å². The van der Waals surface area contributed by atoms with Gasteiger partial charge in [0.05, 0.1) is 21.3 Å². The van der Waals surface area contributed by atoms with Gasteiger partial charge >= 0.3 is 5.97 Å². The van der Waals surface area contributed by atoms with Crippen LogP contribution in [0.4, 0.5) is 5.69 Å². The van der Waals surface area contributed by atoms with Crippen LogP contribution in [0.1, 0.15) is 15.2 Å². The number of methoxy groups -OCH3 is 3. The average Bonchev–Trinajstić information content (AvgIpc) is 3.27. The van der Waals surface area contributed by atoms with Crippen molar-refractivity contribution in [2.45, 2.75) is 6.61 Å². The Balaban J connectivity index is 1.41. The number of thiophene rings is 1. The van der Waals surface area contributed by atoms with Crippen LogP contribution in [0.5, 0.6) is 23.0 Å². The van der Waals surface area contributed by atoms with Crippen LogP contribution in [0, 0.1) is 0 Å². The lowest BCUT2D eigenvalue weighted by molar-refractivity contribution is -0.119. The second-order valence-electron chi connectivity index (χ2n) is 6.79. The molecule has 0 spiro atoms. The standard InChI is InChI=1S/C23H21NO7S/c1-27-17-9-14(10-18(28-2)21(17)29-3)24-20(25)12-31-23(26)19-8-13-11-30-16-7-5-4-6-15(16)22(13)32-19/h4-10H,11-12H2,1-3H3,(H,24,25). The highest BCUT2D eigenvalue weighted by atomic mass is 32.1. The lowest BCUT2D eigenvalue weighted by atomic mass is 10.1. The third kappa shape index (κ3) is 4.19. The number of carbonyl (C=O) groups excluding carboxylic acids is 2. The molecule has 1 amide bonds. The molecule has 0 saturated heterocycles. The SMILES string of the molecule is COc1cc(NC(=O)COC(=O)c2cc3c(s2)-c2ccccc2OC3)cc(OC)c1OC. The first kappa shape index (κ1) is 21.5.